The van der Waals surface area contributed by atoms with Gasteiger partial charge in [0.2, 0.25) is 0 Å². The Bertz CT molecular complexity index is 1110. The van der Waals surface area contributed by atoms with Crippen molar-refractivity contribution in [3.63, 3.8) is 0 Å². The van der Waals surface area contributed by atoms with E-state index >= 15 is 0 Å². The first kappa shape index (κ1) is 22.4. The van der Waals surface area contributed by atoms with Gasteiger partial charge in [-0.15, -0.1) is 0 Å². The first-order valence-corrected chi connectivity index (χ1v) is 12.3. The maximum absolute atomic E-state index is 6.47. The van der Waals surface area contributed by atoms with Crippen LogP contribution in [0.4, 0.5) is 0 Å². The van der Waals surface area contributed by atoms with Crippen LogP contribution in [0.15, 0.2) is 12.3 Å². The van der Waals surface area contributed by atoms with Crippen molar-refractivity contribution in [1.29, 1.82) is 0 Å². The first-order chi connectivity index (χ1) is 16.1. The zero-order valence-corrected chi connectivity index (χ0v) is 19.9. The Kier molecular flexibility index (Phi) is 6.45. The van der Waals surface area contributed by atoms with Gasteiger partial charge in [-0.3, -0.25) is 4.90 Å². The molecule has 5 rings (SSSR count). The molecular formula is C26H36N4O3. The minimum atomic E-state index is -0.469. The van der Waals surface area contributed by atoms with Gasteiger partial charge in [-0.1, -0.05) is 13.0 Å². The molecule has 2 aromatic rings. The van der Waals surface area contributed by atoms with Gasteiger partial charge in [0.05, 0.1) is 30.0 Å². The number of nitrogens with two attached hydrogens (primary N) is 1. The molecule has 3 aliphatic rings. The summed E-state index contributed by atoms with van der Waals surface area (Å²) in [6, 6.07) is 2.13. The van der Waals surface area contributed by atoms with E-state index in [1.54, 1.807) is 6.20 Å². The molecule has 0 radical (unpaired) electrons. The first-order valence-electron chi connectivity index (χ1n) is 12.3. The highest BCUT2D eigenvalue weighted by Gasteiger charge is 2.44. The van der Waals surface area contributed by atoms with Crippen molar-refractivity contribution < 1.29 is 14.2 Å². The normalized spacial score (nSPS) is 24.2. The summed E-state index contributed by atoms with van der Waals surface area (Å²) in [6.45, 7) is 8.06. The third-order valence-corrected chi connectivity index (χ3v) is 7.21. The zero-order valence-electron chi connectivity index (χ0n) is 19.9. The van der Waals surface area contributed by atoms with Crippen molar-refractivity contribution in [2.24, 2.45) is 12.8 Å². The van der Waals surface area contributed by atoms with Gasteiger partial charge < -0.3 is 24.5 Å². The average Bonchev–Trinajstić information content (AvgIpc) is 3.56. The Labute approximate surface area is 195 Å². The Hall–Kier alpha value is -2.35. The highest BCUT2D eigenvalue weighted by atomic mass is 16.6. The molecule has 0 saturated carbocycles. The Morgan fingerprint density at radius 3 is 2.85 bits per heavy atom. The molecule has 3 aliphatic heterocycles. The van der Waals surface area contributed by atoms with Crippen LogP contribution < -0.4 is 21.0 Å². The van der Waals surface area contributed by atoms with Gasteiger partial charge in [-0.25, -0.2) is 4.98 Å². The highest BCUT2D eigenvalue weighted by molar-refractivity contribution is 5.65. The van der Waals surface area contributed by atoms with Crippen molar-refractivity contribution in [1.82, 2.24) is 14.5 Å². The van der Waals surface area contributed by atoms with Gasteiger partial charge in [-0.2, -0.15) is 0 Å². The van der Waals surface area contributed by atoms with Gasteiger partial charge in [0.1, 0.15) is 18.0 Å². The van der Waals surface area contributed by atoms with Gasteiger partial charge in [0, 0.05) is 67.8 Å². The van der Waals surface area contributed by atoms with E-state index in [9.17, 15) is 0 Å². The molecule has 0 amide bonds. The number of fused-ring (bicyclic) bond motifs is 2. The van der Waals surface area contributed by atoms with Gasteiger partial charge in [-0.05, 0) is 32.4 Å². The molecule has 0 aliphatic carbocycles. The van der Waals surface area contributed by atoms with Crippen LogP contribution in [0.2, 0.25) is 0 Å². The van der Waals surface area contributed by atoms with E-state index in [1.165, 1.54) is 31.5 Å². The Balaban J connectivity index is 1.60. The van der Waals surface area contributed by atoms with E-state index in [0.717, 1.165) is 59.1 Å². The predicted octanol–water partition coefficient (Wildman–Crippen LogP) is 1.64. The summed E-state index contributed by atoms with van der Waals surface area (Å²) in [5, 5.41) is 2.12. The minimum absolute atomic E-state index is 0.469. The van der Waals surface area contributed by atoms with Gasteiger partial charge in [0.25, 0.3) is 0 Å². The second-order valence-electron chi connectivity index (χ2n) is 9.36. The number of hydrogen-bond donors (Lipinski definition) is 1. The lowest BCUT2D eigenvalue weighted by molar-refractivity contribution is -0.0669. The van der Waals surface area contributed by atoms with Crippen LogP contribution in [0.3, 0.4) is 0 Å². The summed E-state index contributed by atoms with van der Waals surface area (Å²) < 4.78 is 20.6. The van der Waals surface area contributed by atoms with E-state index < -0.39 is 5.60 Å². The standard InChI is InChI=1S/C26H36N4O3/c1-3-6-19-21(17-29(2)23(19)16-27)22-15-24(32-14-11-30-9-4-5-10-30)20-7-12-33-26(25(20)28-22)8-13-31-18-26/h6,15-17H,3-5,7-14,18,27H2,1-2H3/b19-6-,23-16+. The maximum atomic E-state index is 6.47. The predicted molar refractivity (Wildman–Crippen MR) is 129 cm³/mol. The monoisotopic (exact) mass is 452 g/mol. The van der Waals surface area contributed by atoms with Crippen LogP contribution in [-0.2, 0) is 28.5 Å². The molecular weight excluding hydrogens is 416 g/mol. The molecule has 7 nitrogen and oxygen atoms in total. The molecule has 5 heterocycles. The van der Waals surface area contributed by atoms with E-state index in [4.69, 9.17) is 24.9 Å². The lowest BCUT2D eigenvalue weighted by Crippen LogP contribution is -2.38. The SMILES string of the molecule is CC/C=c1/c(-c2cc(OCCN3CCCC3)c3c(n2)C2(CCOC2)OCC3)cn(C)/c1=C/N. The van der Waals surface area contributed by atoms with Gasteiger partial charge >= 0.3 is 0 Å². The number of aromatic nitrogens is 2. The smallest absolute Gasteiger partial charge is 0.136 e. The molecule has 0 bridgehead atoms. The van der Waals surface area contributed by atoms with Crippen molar-refractivity contribution in [3.05, 3.63) is 34.1 Å². The van der Waals surface area contributed by atoms with Crippen molar-refractivity contribution >= 4 is 12.3 Å². The largest absolute Gasteiger partial charge is 0.492 e. The Morgan fingerprint density at radius 2 is 2.12 bits per heavy atom. The maximum Gasteiger partial charge on any atom is 0.136 e. The van der Waals surface area contributed by atoms with Crippen LogP contribution in [0.5, 0.6) is 5.75 Å². The highest BCUT2D eigenvalue weighted by Crippen LogP contribution is 2.42. The van der Waals surface area contributed by atoms with E-state index in [1.807, 2.05) is 7.05 Å². The number of hydrogen-bond acceptors (Lipinski definition) is 6. The molecule has 1 unspecified atom stereocenters. The minimum Gasteiger partial charge on any atom is -0.492 e. The molecule has 33 heavy (non-hydrogen) atoms. The fourth-order valence-electron chi connectivity index (χ4n) is 5.48. The fourth-order valence-corrected chi connectivity index (χ4v) is 5.48. The van der Waals surface area contributed by atoms with Crippen molar-refractivity contribution in [3.8, 4) is 17.0 Å². The quantitative estimate of drug-likeness (QED) is 0.718. The molecule has 0 aromatic carbocycles. The third kappa shape index (κ3) is 4.18. The third-order valence-electron chi connectivity index (χ3n) is 7.21. The summed E-state index contributed by atoms with van der Waals surface area (Å²) in [5.41, 5.74) is 9.66. The summed E-state index contributed by atoms with van der Waals surface area (Å²) >= 11 is 0. The molecule has 2 N–H and O–H groups in total. The van der Waals surface area contributed by atoms with Crippen LogP contribution in [-0.4, -0.2) is 60.5 Å². The molecule has 2 saturated heterocycles. The number of aryl methyl sites for hydroxylation is 1. The van der Waals surface area contributed by atoms with Gasteiger partial charge in [0.15, 0.2) is 0 Å². The second-order valence-corrected chi connectivity index (χ2v) is 9.36. The number of ether oxygens (including phenoxy) is 3. The lowest BCUT2D eigenvalue weighted by Gasteiger charge is -2.34. The van der Waals surface area contributed by atoms with Crippen LogP contribution in [0, 0.1) is 0 Å². The van der Waals surface area contributed by atoms with Crippen molar-refractivity contribution in [2.75, 3.05) is 46.1 Å². The number of rotatable bonds is 6. The van der Waals surface area contributed by atoms with Crippen LogP contribution in [0.25, 0.3) is 23.5 Å². The average molecular weight is 453 g/mol. The number of nitrogens with zero attached hydrogens (tertiary/aromatic N) is 3. The van der Waals surface area contributed by atoms with Crippen LogP contribution in [0.1, 0.15) is 43.9 Å². The summed E-state index contributed by atoms with van der Waals surface area (Å²) in [6.07, 6.45) is 11.1. The molecule has 2 fully saturated rings. The zero-order chi connectivity index (χ0) is 22.8. The molecule has 1 spiro atoms. The summed E-state index contributed by atoms with van der Waals surface area (Å²) in [7, 11) is 2.02. The lowest BCUT2D eigenvalue weighted by atomic mass is 9.89. The van der Waals surface area contributed by atoms with E-state index in [2.05, 4.69) is 34.7 Å². The molecule has 178 valence electrons. The molecule has 1 atom stereocenters. The number of likely N-dealkylation sites (tertiary alicyclic amines) is 1. The molecule has 7 heteroatoms. The Morgan fingerprint density at radius 1 is 1.27 bits per heavy atom. The van der Waals surface area contributed by atoms with E-state index in [-0.39, 0.29) is 0 Å². The number of pyridine rings is 1. The van der Waals surface area contributed by atoms with Crippen LogP contribution >= 0.6 is 0 Å². The summed E-state index contributed by atoms with van der Waals surface area (Å²) in [5.74, 6) is 0.938. The summed E-state index contributed by atoms with van der Waals surface area (Å²) in [4.78, 5) is 7.70. The second kappa shape index (κ2) is 9.49. The van der Waals surface area contributed by atoms with Crippen molar-refractivity contribution in [2.45, 2.75) is 44.6 Å². The fraction of sp³-hybridized carbons (Fsp3) is 0.577. The topological polar surface area (TPSA) is 74.8 Å². The van der Waals surface area contributed by atoms with E-state index in [0.29, 0.717) is 26.4 Å². The molecule has 2 aromatic heterocycles.